The number of rotatable bonds is 5. The summed E-state index contributed by atoms with van der Waals surface area (Å²) in [7, 11) is 0. The van der Waals surface area contributed by atoms with Gasteiger partial charge in [-0.25, -0.2) is 9.78 Å². The number of ether oxygens (including phenoxy) is 1. The van der Waals surface area contributed by atoms with Gasteiger partial charge in [0.25, 0.3) is 5.91 Å². The van der Waals surface area contributed by atoms with Gasteiger partial charge in [-0.05, 0) is 38.8 Å². The molecule has 6 heteroatoms. The molecule has 1 N–H and O–H groups in total. The summed E-state index contributed by atoms with van der Waals surface area (Å²) in [5, 5.41) is 8.99. The first-order valence-electron chi connectivity index (χ1n) is 7.14. The Balaban J connectivity index is 2.13. The van der Waals surface area contributed by atoms with Crippen molar-refractivity contribution in [1.82, 2.24) is 9.88 Å². The molecular weight excluding hydrogens is 272 g/mol. The van der Waals surface area contributed by atoms with Crippen LogP contribution in [-0.4, -0.2) is 52.7 Å². The third-order valence-electron chi connectivity index (χ3n) is 3.65. The van der Waals surface area contributed by atoms with Gasteiger partial charge in [-0.3, -0.25) is 4.79 Å². The van der Waals surface area contributed by atoms with Gasteiger partial charge in [0.2, 0.25) is 0 Å². The van der Waals surface area contributed by atoms with Crippen LogP contribution >= 0.6 is 0 Å². The minimum absolute atomic E-state index is 0.0910. The van der Waals surface area contributed by atoms with Gasteiger partial charge in [-0.1, -0.05) is 0 Å². The second kappa shape index (κ2) is 6.67. The monoisotopic (exact) mass is 292 g/mol. The summed E-state index contributed by atoms with van der Waals surface area (Å²) in [4.78, 5) is 29.2. The number of nitrogens with zero attached hydrogens (tertiary/aromatic N) is 2. The molecule has 114 valence electrons. The van der Waals surface area contributed by atoms with E-state index in [9.17, 15) is 9.59 Å². The van der Waals surface area contributed by atoms with Crippen molar-refractivity contribution in [2.24, 2.45) is 0 Å². The molecule has 1 aliphatic rings. The average Bonchev–Trinajstić information content (AvgIpc) is 2.96. The summed E-state index contributed by atoms with van der Waals surface area (Å²) in [5.74, 6) is -1.22. The van der Waals surface area contributed by atoms with Crippen molar-refractivity contribution in [2.45, 2.75) is 32.8 Å². The Kier molecular flexibility index (Phi) is 4.90. The summed E-state index contributed by atoms with van der Waals surface area (Å²) in [6.07, 6.45) is 2.09. The van der Waals surface area contributed by atoms with Crippen LogP contribution < -0.4 is 0 Å². The lowest BCUT2D eigenvalue weighted by Crippen LogP contribution is -2.37. The van der Waals surface area contributed by atoms with E-state index in [0.29, 0.717) is 18.8 Å². The first kappa shape index (κ1) is 15.4. The van der Waals surface area contributed by atoms with Gasteiger partial charge in [0.05, 0.1) is 17.4 Å². The van der Waals surface area contributed by atoms with Gasteiger partial charge in [0.15, 0.2) is 0 Å². The van der Waals surface area contributed by atoms with Crippen LogP contribution in [0.2, 0.25) is 0 Å². The van der Waals surface area contributed by atoms with E-state index in [1.165, 1.54) is 12.1 Å². The molecule has 0 spiro atoms. The molecule has 1 amide bonds. The predicted molar refractivity (Wildman–Crippen MR) is 76.5 cm³/mol. The van der Waals surface area contributed by atoms with E-state index in [2.05, 4.69) is 4.98 Å². The molecule has 1 aromatic heterocycles. The molecule has 1 atom stereocenters. The molecular formula is C15H20N2O4. The summed E-state index contributed by atoms with van der Waals surface area (Å²) in [6, 6.07) is 2.90. The predicted octanol–water partition coefficient (Wildman–Crippen LogP) is 1.73. The highest BCUT2D eigenvalue weighted by Crippen LogP contribution is 2.15. The van der Waals surface area contributed by atoms with Crippen LogP contribution in [0, 0.1) is 6.92 Å². The van der Waals surface area contributed by atoms with Crippen LogP contribution in [-0.2, 0) is 4.74 Å². The van der Waals surface area contributed by atoms with Crippen molar-refractivity contribution in [1.29, 1.82) is 0 Å². The van der Waals surface area contributed by atoms with Gasteiger partial charge in [-0.15, -0.1) is 0 Å². The lowest BCUT2D eigenvalue weighted by Gasteiger charge is -2.23. The largest absolute Gasteiger partial charge is 0.478 e. The fraction of sp³-hybridized carbons (Fsp3) is 0.533. The number of hydrogen-bond donors (Lipinski definition) is 1. The molecule has 21 heavy (non-hydrogen) atoms. The van der Waals surface area contributed by atoms with Crippen LogP contribution in [0.3, 0.4) is 0 Å². The standard InChI is InChI=1S/C15H20N2O4/c1-3-17(9-11-5-4-8-21-11)14(18)13-7-6-12(15(19)20)10(2)16-13/h6-7,11H,3-5,8-9H2,1-2H3,(H,19,20)/t11-/m0/s1. The number of carboxylic acid groups (broad SMARTS) is 1. The zero-order valence-electron chi connectivity index (χ0n) is 12.3. The first-order chi connectivity index (χ1) is 10.0. The minimum atomic E-state index is -1.04. The van der Waals surface area contributed by atoms with Crippen LogP contribution in [0.1, 0.15) is 46.3 Å². The molecule has 2 rings (SSSR count). The van der Waals surface area contributed by atoms with E-state index in [4.69, 9.17) is 9.84 Å². The van der Waals surface area contributed by atoms with Crippen molar-refractivity contribution < 1.29 is 19.4 Å². The van der Waals surface area contributed by atoms with Crippen LogP contribution in [0.5, 0.6) is 0 Å². The van der Waals surface area contributed by atoms with Crippen molar-refractivity contribution in [2.75, 3.05) is 19.7 Å². The van der Waals surface area contributed by atoms with Crippen molar-refractivity contribution in [3.63, 3.8) is 0 Å². The number of hydrogen-bond acceptors (Lipinski definition) is 4. The van der Waals surface area contributed by atoms with E-state index in [1.54, 1.807) is 11.8 Å². The summed E-state index contributed by atoms with van der Waals surface area (Å²) in [5.41, 5.74) is 0.743. The second-order valence-electron chi connectivity index (χ2n) is 5.11. The van der Waals surface area contributed by atoms with Crippen LogP contribution in [0.25, 0.3) is 0 Å². The Morgan fingerprint density at radius 2 is 2.24 bits per heavy atom. The van der Waals surface area contributed by atoms with Gasteiger partial charge >= 0.3 is 5.97 Å². The smallest absolute Gasteiger partial charge is 0.337 e. The Bertz CT molecular complexity index is 538. The highest BCUT2D eigenvalue weighted by atomic mass is 16.5. The number of aryl methyl sites for hydroxylation is 1. The molecule has 1 fully saturated rings. The number of likely N-dealkylation sites (N-methyl/N-ethyl adjacent to an activating group) is 1. The van der Waals surface area contributed by atoms with Gasteiger partial charge < -0.3 is 14.7 Å². The molecule has 0 aromatic carbocycles. The third kappa shape index (κ3) is 3.58. The van der Waals surface area contributed by atoms with Crippen molar-refractivity contribution >= 4 is 11.9 Å². The molecule has 0 saturated carbocycles. The normalized spacial score (nSPS) is 17.7. The zero-order valence-corrected chi connectivity index (χ0v) is 12.3. The van der Waals surface area contributed by atoms with E-state index in [-0.39, 0.29) is 23.3 Å². The third-order valence-corrected chi connectivity index (χ3v) is 3.65. The van der Waals surface area contributed by atoms with E-state index in [0.717, 1.165) is 19.4 Å². The van der Waals surface area contributed by atoms with E-state index < -0.39 is 5.97 Å². The maximum atomic E-state index is 12.5. The molecule has 0 aliphatic carbocycles. The molecule has 1 saturated heterocycles. The van der Waals surface area contributed by atoms with Gasteiger partial charge in [0, 0.05) is 19.7 Å². The maximum Gasteiger partial charge on any atom is 0.337 e. The Hall–Kier alpha value is -1.95. The Morgan fingerprint density at radius 1 is 1.48 bits per heavy atom. The number of aromatic carboxylic acids is 1. The SMILES string of the molecule is CCN(C[C@@H]1CCCO1)C(=O)c1ccc(C(=O)O)c(C)n1. The maximum absolute atomic E-state index is 12.5. The fourth-order valence-corrected chi connectivity index (χ4v) is 2.46. The number of carbonyl (C=O) groups is 2. The highest BCUT2D eigenvalue weighted by molar-refractivity contribution is 5.94. The number of amides is 1. The van der Waals surface area contributed by atoms with Gasteiger partial charge in [0.1, 0.15) is 5.69 Å². The molecule has 6 nitrogen and oxygen atoms in total. The first-order valence-corrected chi connectivity index (χ1v) is 7.14. The van der Waals surface area contributed by atoms with E-state index >= 15 is 0 Å². The second-order valence-corrected chi connectivity index (χ2v) is 5.11. The summed E-state index contributed by atoms with van der Waals surface area (Å²) >= 11 is 0. The topological polar surface area (TPSA) is 79.7 Å². The van der Waals surface area contributed by atoms with Crippen molar-refractivity contribution in [3.8, 4) is 0 Å². The quantitative estimate of drug-likeness (QED) is 0.894. The molecule has 0 unspecified atom stereocenters. The molecule has 0 bridgehead atoms. The molecule has 0 radical (unpaired) electrons. The Morgan fingerprint density at radius 3 is 2.76 bits per heavy atom. The summed E-state index contributed by atoms with van der Waals surface area (Å²) in [6.45, 7) is 5.37. The fourth-order valence-electron chi connectivity index (χ4n) is 2.46. The molecule has 1 aliphatic heterocycles. The Labute approximate surface area is 123 Å². The van der Waals surface area contributed by atoms with E-state index in [1.807, 2.05) is 6.92 Å². The van der Waals surface area contributed by atoms with Gasteiger partial charge in [-0.2, -0.15) is 0 Å². The minimum Gasteiger partial charge on any atom is -0.478 e. The van der Waals surface area contributed by atoms with Crippen LogP contribution in [0.15, 0.2) is 12.1 Å². The van der Waals surface area contributed by atoms with Crippen molar-refractivity contribution in [3.05, 3.63) is 29.1 Å². The molecule has 1 aromatic rings. The molecule has 2 heterocycles. The van der Waals surface area contributed by atoms with Crippen LogP contribution in [0.4, 0.5) is 0 Å². The number of carbonyl (C=O) groups excluding carboxylic acids is 1. The number of aromatic nitrogens is 1. The summed E-state index contributed by atoms with van der Waals surface area (Å²) < 4.78 is 5.55. The number of pyridine rings is 1. The average molecular weight is 292 g/mol. The highest BCUT2D eigenvalue weighted by Gasteiger charge is 2.23. The number of carboxylic acids is 1. The lowest BCUT2D eigenvalue weighted by atomic mass is 10.1. The zero-order chi connectivity index (χ0) is 15.4. The lowest BCUT2D eigenvalue weighted by molar-refractivity contribution is 0.0534.